The molecule has 1 atom stereocenters. The molecular formula is C13H13NO. The first-order chi connectivity index (χ1) is 7.40. The Morgan fingerprint density at radius 3 is 2.67 bits per heavy atom. The molecule has 0 saturated heterocycles. The Kier molecular flexibility index (Phi) is 3.12. The van der Waals surface area contributed by atoms with Crippen molar-refractivity contribution in [3.63, 3.8) is 0 Å². The maximum absolute atomic E-state index is 8.96. The zero-order valence-corrected chi connectivity index (χ0v) is 8.30. The lowest BCUT2D eigenvalue weighted by molar-refractivity contribution is 0.156. The molecule has 0 spiro atoms. The Morgan fingerprint density at radius 2 is 1.93 bits per heavy atom. The van der Waals surface area contributed by atoms with E-state index < -0.39 is 0 Å². The molecule has 0 heterocycles. The molecular weight excluding hydrogens is 186 g/mol. The van der Waals surface area contributed by atoms with E-state index in [1.165, 1.54) is 0 Å². The van der Waals surface area contributed by atoms with Crippen LogP contribution in [0.25, 0.3) is 6.08 Å². The zero-order chi connectivity index (χ0) is 10.5. The topological polar surface area (TPSA) is 32.3 Å². The van der Waals surface area contributed by atoms with Gasteiger partial charge in [0, 0.05) is 0 Å². The summed E-state index contributed by atoms with van der Waals surface area (Å²) in [6.45, 7) is 0. The molecule has 1 aromatic rings. The second-order valence-corrected chi connectivity index (χ2v) is 3.41. The van der Waals surface area contributed by atoms with Gasteiger partial charge in [-0.15, -0.1) is 0 Å². The standard InChI is InChI=1S/C13H13NO/c15-14-13-9-5-4-8-12(13)10-11-6-2-1-3-7-11/h1-10,13-15H. The highest BCUT2D eigenvalue weighted by Crippen LogP contribution is 2.15. The van der Waals surface area contributed by atoms with Crippen molar-refractivity contribution in [2.45, 2.75) is 6.04 Å². The van der Waals surface area contributed by atoms with Crippen LogP contribution in [0.1, 0.15) is 5.56 Å². The van der Waals surface area contributed by atoms with Gasteiger partial charge < -0.3 is 5.21 Å². The fourth-order valence-electron chi connectivity index (χ4n) is 1.55. The lowest BCUT2D eigenvalue weighted by atomic mass is 10.00. The summed E-state index contributed by atoms with van der Waals surface area (Å²) in [5, 5.41) is 8.96. The van der Waals surface area contributed by atoms with Crippen LogP contribution in [0.4, 0.5) is 0 Å². The van der Waals surface area contributed by atoms with Crippen molar-refractivity contribution < 1.29 is 5.21 Å². The third-order valence-corrected chi connectivity index (χ3v) is 2.33. The lowest BCUT2D eigenvalue weighted by Crippen LogP contribution is -2.25. The van der Waals surface area contributed by atoms with Crippen LogP contribution in [0, 0.1) is 0 Å². The highest BCUT2D eigenvalue weighted by molar-refractivity contribution is 5.59. The number of hydrogen-bond acceptors (Lipinski definition) is 2. The predicted octanol–water partition coefficient (Wildman–Crippen LogP) is 2.54. The maximum Gasteiger partial charge on any atom is 0.0753 e. The van der Waals surface area contributed by atoms with Crippen LogP contribution in [-0.2, 0) is 0 Å². The molecule has 2 rings (SSSR count). The molecule has 1 aliphatic rings. The number of hydroxylamine groups is 1. The predicted molar refractivity (Wildman–Crippen MR) is 61.4 cm³/mol. The normalized spacial score (nSPS) is 22.2. The van der Waals surface area contributed by atoms with Gasteiger partial charge in [-0.1, -0.05) is 54.6 Å². The van der Waals surface area contributed by atoms with Gasteiger partial charge in [0.1, 0.15) is 0 Å². The van der Waals surface area contributed by atoms with Gasteiger partial charge in [0.25, 0.3) is 0 Å². The molecule has 1 aromatic carbocycles. The van der Waals surface area contributed by atoms with Crippen LogP contribution in [0.3, 0.4) is 0 Å². The lowest BCUT2D eigenvalue weighted by Gasteiger charge is -2.14. The van der Waals surface area contributed by atoms with Crippen molar-refractivity contribution in [3.05, 3.63) is 65.8 Å². The van der Waals surface area contributed by atoms with Crippen molar-refractivity contribution in [3.8, 4) is 0 Å². The zero-order valence-electron chi connectivity index (χ0n) is 8.30. The fourth-order valence-corrected chi connectivity index (χ4v) is 1.55. The Labute approximate surface area is 89.2 Å². The number of benzene rings is 1. The second kappa shape index (κ2) is 4.73. The van der Waals surface area contributed by atoms with Gasteiger partial charge in [0.2, 0.25) is 0 Å². The van der Waals surface area contributed by atoms with E-state index in [-0.39, 0.29) is 6.04 Å². The molecule has 1 aliphatic carbocycles. The molecule has 0 aromatic heterocycles. The minimum absolute atomic E-state index is 0.116. The first-order valence-electron chi connectivity index (χ1n) is 4.91. The van der Waals surface area contributed by atoms with Crippen LogP contribution in [0.2, 0.25) is 0 Å². The average molecular weight is 199 g/mol. The Hall–Kier alpha value is -1.64. The maximum atomic E-state index is 8.96. The Bertz CT molecular complexity index is 404. The molecule has 0 amide bonds. The molecule has 0 fully saturated rings. The molecule has 15 heavy (non-hydrogen) atoms. The van der Waals surface area contributed by atoms with Gasteiger partial charge >= 0.3 is 0 Å². The summed E-state index contributed by atoms with van der Waals surface area (Å²) in [6, 6.07) is 9.93. The number of hydrogen-bond donors (Lipinski definition) is 2. The van der Waals surface area contributed by atoms with Crippen LogP contribution < -0.4 is 5.48 Å². The van der Waals surface area contributed by atoms with Crippen LogP contribution in [-0.4, -0.2) is 11.2 Å². The minimum Gasteiger partial charge on any atom is -0.316 e. The minimum atomic E-state index is -0.116. The molecule has 2 nitrogen and oxygen atoms in total. The SMILES string of the molecule is ONC1C=CC=CC1=Cc1ccccc1. The molecule has 2 heteroatoms. The van der Waals surface area contributed by atoms with Gasteiger partial charge in [-0.2, -0.15) is 5.48 Å². The third-order valence-electron chi connectivity index (χ3n) is 2.33. The van der Waals surface area contributed by atoms with E-state index in [0.29, 0.717) is 0 Å². The summed E-state index contributed by atoms with van der Waals surface area (Å²) in [6.07, 6.45) is 9.82. The first-order valence-corrected chi connectivity index (χ1v) is 4.91. The smallest absolute Gasteiger partial charge is 0.0753 e. The van der Waals surface area contributed by atoms with E-state index in [2.05, 4.69) is 5.48 Å². The Balaban J connectivity index is 2.26. The third kappa shape index (κ3) is 2.43. The van der Waals surface area contributed by atoms with Crippen molar-refractivity contribution >= 4 is 6.08 Å². The molecule has 0 saturated carbocycles. The second-order valence-electron chi connectivity index (χ2n) is 3.41. The molecule has 0 bridgehead atoms. The molecule has 76 valence electrons. The van der Waals surface area contributed by atoms with Gasteiger partial charge in [-0.25, -0.2) is 0 Å². The molecule has 0 radical (unpaired) electrons. The molecule has 2 N–H and O–H groups in total. The van der Waals surface area contributed by atoms with E-state index >= 15 is 0 Å². The van der Waals surface area contributed by atoms with Gasteiger partial charge in [-0.05, 0) is 17.2 Å². The highest BCUT2D eigenvalue weighted by Gasteiger charge is 2.08. The summed E-state index contributed by atoms with van der Waals surface area (Å²) in [4.78, 5) is 0. The summed E-state index contributed by atoms with van der Waals surface area (Å²) in [7, 11) is 0. The van der Waals surface area contributed by atoms with Crippen molar-refractivity contribution in [1.82, 2.24) is 5.48 Å². The van der Waals surface area contributed by atoms with E-state index in [4.69, 9.17) is 5.21 Å². The van der Waals surface area contributed by atoms with E-state index in [1.807, 2.05) is 60.7 Å². The van der Waals surface area contributed by atoms with Gasteiger partial charge in [-0.3, -0.25) is 0 Å². The van der Waals surface area contributed by atoms with Crippen LogP contribution in [0.15, 0.2) is 60.2 Å². The summed E-state index contributed by atoms with van der Waals surface area (Å²) in [5.41, 5.74) is 4.45. The van der Waals surface area contributed by atoms with Crippen LogP contribution >= 0.6 is 0 Å². The van der Waals surface area contributed by atoms with Gasteiger partial charge in [0.15, 0.2) is 0 Å². The monoisotopic (exact) mass is 199 g/mol. The molecule has 1 unspecified atom stereocenters. The summed E-state index contributed by atoms with van der Waals surface area (Å²) < 4.78 is 0. The van der Waals surface area contributed by atoms with Crippen LogP contribution in [0.5, 0.6) is 0 Å². The number of nitrogens with one attached hydrogen (secondary N) is 1. The Morgan fingerprint density at radius 1 is 1.13 bits per heavy atom. The average Bonchev–Trinajstić information content (AvgIpc) is 2.31. The summed E-state index contributed by atoms with van der Waals surface area (Å²) in [5.74, 6) is 0. The van der Waals surface area contributed by atoms with Gasteiger partial charge in [0.05, 0.1) is 6.04 Å². The summed E-state index contributed by atoms with van der Waals surface area (Å²) >= 11 is 0. The number of rotatable bonds is 2. The number of allylic oxidation sites excluding steroid dienone is 2. The van der Waals surface area contributed by atoms with E-state index in [1.54, 1.807) is 0 Å². The van der Waals surface area contributed by atoms with Crippen molar-refractivity contribution in [1.29, 1.82) is 0 Å². The first kappa shape index (κ1) is 9.90. The van der Waals surface area contributed by atoms with E-state index in [0.717, 1.165) is 11.1 Å². The van der Waals surface area contributed by atoms with E-state index in [9.17, 15) is 0 Å². The van der Waals surface area contributed by atoms with Crippen molar-refractivity contribution in [2.75, 3.05) is 0 Å². The fraction of sp³-hybridized carbons (Fsp3) is 0.0769. The quantitative estimate of drug-likeness (QED) is 0.717. The highest BCUT2D eigenvalue weighted by atomic mass is 16.5. The largest absolute Gasteiger partial charge is 0.316 e. The molecule has 0 aliphatic heterocycles. The van der Waals surface area contributed by atoms with Crippen molar-refractivity contribution in [2.24, 2.45) is 0 Å².